The van der Waals surface area contributed by atoms with Gasteiger partial charge in [-0.25, -0.2) is 0 Å². The van der Waals surface area contributed by atoms with E-state index >= 15 is 0 Å². The fourth-order valence-electron chi connectivity index (χ4n) is 0.883. The largest absolute Gasteiger partial charge is 0.462 e. The summed E-state index contributed by atoms with van der Waals surface area (Å²) in [6.07, 6.45) is 1.66. The van der Waals surface area contributed by atoms with Crippen LogP contribution in [0.4, 0.5) is 0 Å². The van der Waals surface area contributed by atoms with E-state index in [0.717, 1.165) is 12.8 Å². The van der Waals surface area contributed by atoms with Gasteiger partial charge in [0.05, 0.1) is 11.5 Å². The summed E-state index contributed by atoms with van der Waals surface area (Å²) in [7, 11) is 0. The maximum atomic E-state index is 11.5. The third kappa shape index (κ3) is 6.25. The van der Waals surface area contributed by atoms with Crippen molar-refractivity contribution in [2.45, 2.75) is 58.9 Å². The highest BCUT2D eigenvalue weighted by atomic mass is 35.5. The number of esters is 1. The van der Waals surface area contributed by atoms with Gasteiger partial charge in [0.25, 0.3) is 0 Å². The van der Waals surface area contributed by atoms with Crippen LogP contribution < -0.4 is 0 Å². The topological polar surface area (TPSA) is 26.3 Å². The summed E-state index contributed by atoms with van der Waals surface area (Å²) in [5, 5.41) is 0.144. The van der Waals surface area contributed by atoms with Gasteiger partial charge in [-0.3, -0.25) is 4.79 Å². The minimum absolute atomic E-state index is 0.0390. The van der Waals surface area contributed by atoms with Crippen LogP contribution in [-0.4, -0.2) is 17.5 Å². The Balaban J connectivity index is 3.83. The van der Waals surface area contributed by atoms with Crippen molar-refractivity contribution in [1.29, 1.82) is 0 Å². The lowest BCUT2D eigenvalue weighted by molar-refractivity contribution is -0.158. The van der Waals surface area contributed by atoms with Gasteiger partial charge in [-0.15, -0.1) is 11.6 Å². The highest BCUT2D eigenvalue weighted by molar-refractivity contribution is 6.20. The molecule has 0 spiro atoms. The molecule has 84 valence electrons. The zero-order valence-corrected chi connectivity index (χ0v) is 10.5. The average molecular weight is 221 g/mol. The molecule has 2 atom stereocenters. The van der Waals surface area contributed by atoms with Crippen LogP contribution in [0.15, 0.2) is 0 Å². The van der Waals surface area contributed by atoms with E-state index in [1.807, 2.05) is 34.6 Å². The third-order valence-corrected chi connectivity index (χ3v) is 2.11. The van der Waals surface area contributed by atoms with Crippen LogP contribution in [0.5, 0.6) is 0 Å². The number of hydrogen-bond acceptors (Lipinski definition) is 2. The number of ether oxygens (including phenoxy) is 1. The first-order valence-electron chi connectivity index (χ1n) is 5.08. The maximum absolute atomic E-state index is 11.5. The molecular formula is C11H21ClO2. The molecule has 0 fully saturated rings. The molecule has 0 aromatic rings. The molecule has 0 aromatic heterocycles. The lowest BCUT2D eigenvalue weighted by Crippen LogP contribution is -2.27. The Labute approximate surface area is 92.0 Å². The van der Waals surface area contributed by atoms with Crippen molar-refractivity contribution in [2.75, 3.05) is 0 Å². The molecule has 0 rings (SSSR count). The predicted molar refractivity (Wildman–Crippen MR) is 59.6 cm³/mol. The Hall–Kier alpha value is -0.240. The minimum atomic E-state index is -0.416. The zero-order valence-electron chi connectivity index (χ0n) is 9.76. The van der Waals surface area contributed by atoms with Crippen molar-refractivity contribution in [3.8, 4) is 0 Å². The van der Waals surface area contributed by atoms with Crippen molar-refractivity contribution < 1.29 is 9.53 Å². The molecule has 0 saturated carbocycles. The Kier molecular flexibility index (Phi) is 5.50. The molecular weight excluding hydrogens is 200 g/mol. The normalized spacial score (nSPS) is 16.1. The van der Waals surface area contributed by atoms with Gasteiger partial charge in [-0.05, 0) is 47.5 Å². The molecule has 0 unspecified atom stereocenters. The Morgan fingerprint density at radius 2 is 1.79 bits per heavy atom. The fourth-order valence-corrected chi connectivity index (χ4v) is 1.01. The van der Waals surface area contributed by atoms with Gasteiger partial charge in [0.1, 0.15) is 0 Å². The van der Waals surface area contributed by atoms with Gasteiger partial charge in [-0.1, -0.05) is 0 Å². The highest BCUT2D eigenvalue weighted by Crippen LogP contribution is 2.18. The van der Waals surface area contributed by atoms with Crippen molar-refractivity contribution >= 4 is 17.6 Å². The lowest BCUT2D eigenvalue weighted by Gasteiger charge is -2.21. The molecule has 2 nitrogen and oxygen atoms in total. The summed E-state index contributed by atoms with van der Waals surface area (Å²) in [5.41, 5.74) is -0.416. The van der Waals surface area contributed by atoms with Crippen molar-refractivity contribution in [1.82, 2.24) is 0 Å². The second-order valence-electron chi connectivity index (χ2n) is 4.82. The standard InChI is InChI=1S/C11H21ClO2/c1-8(12)6-7-9(2)14-10(13)11(3,4)5/h8-9H,6-7H2,1-5H3/t8-,9+/m1/s1. The quantitative estimate of drug-likeness (QED) is 0.537. The summed E-state index contributed by atoms with van der Waals surface area (Å²) >= 11 is 5.81. The van der Waals surface area contributed by atoms with Gasteiger partial charge < -0.3 is 4.74 Å². The molecule has 0 aliphatic rings. The van der Waals surface area contributed by atoms with Crippen LogP contribution in [-0.2, 0) is 9.53 Å². The van der Waals surface area contributed by atoms with Crippen molar-refractivity contribution in [3.05, 3.63) is 0 Å². The van der Waals surface area contributed by atoms with Crippen molar-refractivity contribution in [3.63, 3.8) is 0 Å². The SMILES string of the molecule is C[C@@H](Cl)CC[C@H](C)OC(=O)C(C)(C)C. The van der Waals surface area contributed by atoms with E-state index in [1.54, 1.807) is 0 Å². The maximum Gasteiger partial charge on any atom is 0.311 e. The number of halogens is 1. The fraction of sp³-hybridized carbons (Fsp3) is 0.909. The number of hydrogen-bond donors (Lipinski definition) is 0. The first kappa shape index (κ1) is 13.8. The summed E-state index contributed by atoms with van der Waals surface area (Å²) in [6, 6.07) is 0. The molecule has 0 aliphatic heterocycles. The summed E-state index contributed by atoms with van der Waals surface area (Å²) < 4.78 is 5.27. The number of carbonyl (C=O) groups is 1. The lowest BCUT2D eigenvalue weighted by atomic mass is 9.97. The van der Waals surface area contributed by atoms with Crippen LogP contribution in [0.2, 0.25) is 0 Å². The average Bonchev–Trinajstić information content (AvgIpc) is 1.99. The van der Waals surface area contributed by atoms with E-state index in [4.69, 9.17) is 16.3 Å². The highest BCUT2D eigenvalue weighted by Gasteiger charge is 2.24. The molecule has 14 heavy (non-hydrogen) atoms. The van der Waals surface area contributed by atoms with Crippen LogP contribution in [0.25, 0.3) is 0 Å². The molecule has 0 radical (unpaired) electrons. The summed E-state index contributed by atoms with van der Waals surface area (Å²) in [6.45, 7) is 9.41. The van der Waals surface area contributed by atoms with Crippen LogP contribution >= 0.6 is 11.6 Å². The zero-order chi connectivity index (χ0) is 11.4. The number of rotatable bonds is 4. The number of alkyl halides is 1. The van der Waals surface area contributed by atoms with E-state index in [-0.39, 0.29) is 17.5 Å². The van der Waals surface area contributed by atoms with Crippen molar-refractivity contribution in [2.24, 2.45) is 5.41 Å². The predicted octanol–water partition coefficient (Wildman–Crippen LogP) is 3.37. The summed E-state index contributed by atoms with van der Waals surface area (Å²) in [5.74, 6) is -0.146. The summed E-state index contributed by atoms with van der Waals surface area (Å²) in [4.78, 5) is 11.5. The van der Waals surface area contributed by atoms with E-state index in [0.29, 0.717) is 0 Å². The molecule has 0 amide bonds. The molecule has 3 heteroatoms. The van der Waals surface area contributed by atoms with Crippen LogP contribution in [0.1, 0.15) is 47.5 Å². The Morgan fingerprint density at radius 3 is 2.14 bits per heavy atom. The van der Waals surface area contributed by atoms with E-state index < -0.39 is 5.41 Å². The Bertz CT molecular complexity index is 182. The van der Waals surface area contributed by atoms with Crippen LogP contribution in [0, 0.1) is 5.41 Å². The smallest absolute Gasteiger partial charge is 0.311 e. The molecule has 0 heterocycles. The minimum Gasteiger partial charge on any atom is -0.462 e. The van der Waals surface area contributed by atoms with Gasteiger partial charge >= 0.3 is 5.97 Å². The molecule has 0 N–H and O–H groups in total. The van der Waals surface area contributed by atoms with Crippen LogP contribution in [0.3, 0.4) is 0 Å². The number of carbonyl (C=O) groups excluding carboxylic acids is 1. The van der Waals surface area contributed by atoms with Gasteiger partial charge in [-0.2, -0.15) is 0 Å². The molecule has 0 aliphatic carbocycles. The van der Waals surface area contributed by atoms with E-state index in [2.05, 4.69) is 0 Å². The Morgan fingerprint density at radius 1 is 1.29 bits per heavy atom. The molecule has 0 saturated heterocycles. The van der Waals surface area contributed by atoms with Gasteiger partial charge in [0.2, 0.25) is 0 Å². The van der Waals surface area contributed by atoms with E-state index in [1.165, 1.54) is 0 Å². The van der Waals surface area contributed by atoms with Gasteiger partial charge in [0.15, 0.2) is 0 Å². The second-order valence-corrected chi connectivity index (χ2v) is 5.57. The first-order valence-corrected chi connectivity index (χ1v) is 5.52. The van der Waals surface area contributed by atoms with E-state index in [9.17, 15) is 4.79 Å². The third-order valence-electron chi connectivity index (χ3n) is 1.89. The monoisotopic (exact) mass is 220 g/mol. The van der Waals surface area contributed by atoms with Gasteiger partial charge in [0, 0.05) is 5.38 Å². The molecule has 0 bridgehead atoms. The second kappa shape index (κ2) is 5.59. The molecule has 0 aromatic carbocycles. The first-order chi connectivity index (χ1) is 6.23.